The molecule has 2 amide bonds. The molecule has 1 aromatic carbocycles. The van der Waals surface area contributed by atoms with Gasteiger partial charge >= 0.3 is 0 Å². The molecule has 2 heterocycles. The standard InChI is InChI=1S/C20H22ClN3O3S/c21-14-3-5-15(6-4-14)27-12-19(26)23-22-18(25)11-24-9-7-17-16(8-10-28-17)20(24)13-1-2-13/h3-6,8,10,13,20H,1-2,7,9,11-12H2,(H,22,25)(H,23,26)/p+1/t20-/m0/s1. The highest BCUT2D eigenvalue weighted by atomic mass is 35.5. The van der Waals surface area contributed by atoms with Crippen LogP contribution in [0.5, 0.6) is 5.75 Å². The van der Waals surface area contributed by atoms with Gasteiger partial charge in [0.05, 0.1) is 6.54 Å². The van der Waals surface area contributed by atoms with Crippen LogP contribution in [0, 0.1) is 5.92 Å². The second-order valence-corrected chi connectivity index (χ2v) is 8.73. The summed E-state index contributed by atoms with van der Waals surface area (Å²) < 4.78 is 5.37. The van der Waals surface area contributed by atoms with Crippen LogP contribution in [-0.2, 0) is 16.0 Å². The van der Waals surface area contributed by atoms with Gasteiger partial charge in [-0.3, -0.25) is 20.4 Å². The third-order valence-corrected chi connectivity index (χ3v) is 6.48. The molecule has 28 heavy (non-hydrogen) atoms. The molecule has 1 fully saturated rings. The van der Waals surface area contributed by atoms with Crippen LogP contribution < -0.4 is 20.5 Å². The summed E-state index contributed by atoms with van der Waals surface area (Å²) in [7, 11) is 0. The molecular weight excluding hydrogens is 398 g/mol. The molecule has 0 radical (unpaired) electrons. The minimum atomic E-state index is -0.407. The van der Waals surface area contributed by atoms with E-state index >= 15 is 0 Å². The zero-order chi connectivity index (χ0) is 19.5. The van der Waals surface area contributed by atoms with Crippen molar-refractivity contribution in [1.82, 2.24) is 10.9 Å². The molecule has 6 nitrogen and oxygen atoms in total. The predicted octanol–water partition coefficient (Wildman–Crippen LogP) is 1.52. The van der Waals surface area contributed by atoms with Gasteiger partial charge in [-0.25, -0.2) is 0 Å². The van der Waals surface area contributed by atoms with Gasteiger partial charge in [0, 0.05) is 27.8 Å². The molecule has 2 aliphatic rings. The second-order valence-electron chi connectivity index (χ2n) is 7.29. The molecule has 8 heteroatoms. The average Bonchev–Trinajstić information content (AvgIpc) is 3.41. The Bertz CT molecular complexity index is 851. The molecule has 0 spiro atoms. The van der Waals surface area contributed by atoms with Crippen molar-refractivity contribution < 1.29 is 19.2 Å². The molecule has 0 bridgehead atoms. The molecule has 1 unspecified atom stereocenters. The molecule has 4 rings (SSSR count). The lowest BCUT2D eigenvalue weighted by Gasteiger charge is -2.32. The molecule has 3 N–H and O–H groups in total. The Balaban J connectivity index is 1.24. The Morgan fingerprint density at radius 3 is 2.64 bits per heavy atom. The van der Waals surface area contributed by atoms with E-state index in [0.29, 0.717) is 29.3 Å². The van der Waals surface area contributed by atoms with E-state index in [0.717, 1.165) is 13.0 Å². The third kappa shape index (κ3) is 4.66. The van der Waals surface area contributed by atoms with Crippen LogP contribution in [0.4, 0.5) is 0 Å². The van der Waals surface area contributed by atoms with Gasteiger partial charge in [0.1, 0.15) is 11.8 Å². The molecular formula is C20H23ClN3O3S+. The van der Waals surface area contributed by atoms with Gasteiger partial charge in [-0.05, 0) is 48.6 Å². The Morgan fingerprint density at radius 1 is 1.14 bits per heavy atom. The lowest BCUT2D eigenvalue weighted by Crippen LogP contribution is -3.14. The fourth-order valence-corrected chi connectivity index (χ4v) is 4.86. The Morgan fingerprint density at radius 2 is 1.89 bits per heavy atom. The fraction of sp³-hybridized carbons (Fsp3) is 0.400. The number of halogens is 1. The lowest BCUT2D eigenvalue weighted by molar-refractivity contribution is -0.928. The SMILES string of the molecule is O=C(COc1ccc(Cl)cc1)NNC(=O)C[NH+]1CCc2sccc2[C@@H]1C1CC1. The molecule has 1 saturated carbocycles. The monoisotopic (exact) mass is 420 g/mol. The minimum Gasteiger partial charge on any atom is -0.484 e. The van der Waals surface area contributed by atoms with Gasteiger partial charge in [-0.2, -0.15) is 0 Å². The molecule has 2 aromatic rings. The van der Waals surface area contributed by atoms with Gasteiger partial charge in [0.2, 0.25) is 0 Å². The minimum absolute atomic E-state index is 0.179. The van der Waals surface area contributed by atoms with E-state index in [9.17, 15) is 9.59 Å². The first-order valence-corrected chi connectivity index (χ1v) is 10.7. The molecule has 1 aromatic heterocycles. The summed E-state index contributed by atoms with van der Waals surface area (Å²) in [6, 6.07) is 9.37. The van der Waals surface area contributed by atoms with E-state index in [2.05, 4.69) is 22.3 Å². The van der Waals surface area contributed by atoms with Crippen LogP contribution in [0.1, 0.15) is 29.3 Å². The fourth-order valence-electron chi connectivity index (χ4n) is 3.80. The number of benzene rings is 1. The number of ether oxygens (including phenoxy) is 1. The van der Waals surface area contributed by atoms with Crippen molar-refractivity contribution in [2.24, 2.45) is 5.92 Å². The number of fused-ring (bicyclic) bond motifs is 1. The number of hydrogen-bond donors (Lipinski definition) is 3. The van der Waals surface area contributed by atoms with Crippen molar-refractivity contribution >= 4 is 34.8 Å². The van der Waals surface area contributed by atoms with Crippen LogP contribution in [-0.4, -0.2) is 31.5 Å². The van der Waals surface area contributed by atoms with E-state index in [1.54, 1.807) is 24.3 Å². The van der Waals surface area contributed by atoms with E-state index in [1.807, 2.05) is 11.3 Å². The van der Waals surface area contributed by atoms with Crippen molar-refractivity contribution in [3.63, 3.8) is 0 Å². The lowest BCUT2D eigenvalue weighted by atomic mass is 9.96. The normalized spacial score (nSPS) is 20.9. The van der Waals surface area contributed by atoms with Crippen molar-refractivity contribution in [3.05, 3.63) is 51.2 Å². The number of rotatable bonds is 6. The third-order valence-electron chi connectivity index (χ3n) is 5.23. The number of quaternary nitrogens is 1. The van der Waals surface area contributed by atoms with E-state index in [-0.39, 0.29) is 12.5 Å². The van der Waals surface area contributed by atoms with Crippen molar-refractivity contribution in [3.8, 4) is 5.75 Å². The largest absolute Gasteiger partial charge is 0.484 e. The maximum absolute atomic E-state index is 12.4. The quantitative estimate of drug-likeness (QED) is 0.620. The highest BCUT2D eigenvalue weighted by Gasteiger charge is 2.43. The number of thiophene rings is 1. The number of carbonyl (C=O) groups excluding carboxylic acids is 2. The number of nitrogens with one attached hydrogen (secondary N) is 3. The molecule has 148 valence electrons. The second kappa shape index (κ2) is 8.51. The van der Waals surface area contributed by atoms with Gasteiger partial charge < -0.3 is 9.64 Å². The first-order valence-electron chi connectivity index (χ1n) is 9.47. The summed E-state index contributed by atoms with van der Waals surface area (Å²) in [5, 5.41) is 2.76. The number of hydrazine groups is 1. The highest BCUT2D eigenvalue weighted by Crippen LogP contribution is 2.42. The molecule has 1 aliphatic heterocycles. The molecule has 0 saturated heterocycles. The van der Waals surface area contributed by atoms with Crippen molar-refractivity contribution in [1.29, 1.82) is 0 Å². The summed E-state index contributed by atoms with van der Waals surface area (Å²) in [6.45, 7) is 1.13. The molecule has 1 aliphatic carbocycles. The summed E-state index contributed by atoms with van der Waals surface area (Å²) in [5.74, 6) is 0.635. The van der Waals surface area contributed by atoms with Crippen LogP contribution in [0.15, 0.2) is 35.7 Å². The highest BCUT2D eigenvalue weighted by molar-refractivity contribution is 7.10. The summed E-state index contributed by atoms with van der Waals surface area (Å²) >= 11 is 7.63. The predicted molar refractivity (Wildman–Crippen MR) is 107 cm³/mol. The number of amides is 2. The van der Waals surface area contributed by atoms with Crippen LogP contribution in [0.3, 0.4) is 0 Å². The van der Waals surface area contributed by atoms with Gasteiger partial charge in [0.25, 0.3) is 11.8 Å². The van der Waals surface area contributed by atoms with Crippen molar-refractivity contribution in [2.45, 2.75) is 25.3 Å². The van der Waals surface area contributed by atoms with Crippen molar-refractivity contribution in [2.75, 3.05) is 19.7 Å². The topological polar surface area (TPSA) is 71.9 Å². The first kappa shape index (κ1) is 19.2. The smallest absolute Gasteiger partial charge is 0.293 e. The van der Waals surface area contributed by atoms with E-state index in [4.69, 9.17) is 16.3 Å². The van der Waals surface area contributed by atoms with Gasteiger partial charge in [-0.15, -0.1) is 11.3 Å². The van der Waals surface area contributed by atoms with Crippen LogP contribution in [0.2, 0.25) is 5.02 Å². The number of carbonyl (C=O) groups is 2. The summed E-state index contributed by atoms with van der Waals surface area (Å²) in [6.07, 6.45) is 3.49. The zero-order valence-electron chi connectivity index (χ0n) is 15.4. The van der Waals surface area contributed by atoms with Crippen LogP contribution >= 0.6 is 22.9 Å². The zero-order valence-corrected chi connectivity index (χ0v) is 16.9. The maximum atomic E-state index is 12.4. The number of hydrogen-bond acceptors (Lipinski definition) is 4. The van der Waals surface area contributed by atoms with Gasteiger partial charge in [0.15, 0.2) is 13.2 Å². The summed E-state index contributed by atoms with van der Waals surface area (Å²) in [4.78, 5) is 27.0. The Kier molecular flexibility index (Phi) is 5.85. The molecule has 2 atom stereocenters. The maximum Gasteiger partial charge on any atom is 0.293 e. The van der Waals surface area contributed by atoms with Crippen LogP contribution in [0.25, 0.3) is 0 Å². The average molecular weight is 421 g/mol. The Labute approximate surface area is 172 Å². The van der Waals surface area contributed by atoms with Gasteiger partial charge in [-0.1, -0.05) is 11.6 Å². The Hall–Kier alpha value is -2.09. The van der Waals surface area contributed by atoms with E-state index in [1.165, 1.54) is 28.2 Å². The summed E-state index contributed by atoms with van der Waals surface area (Å²) in [5.41, 5.74) is 6.36. The van der Waals surface area contributed by atoms with E-state index < -0.39 is 5.91 Å². The first-order chi connectivity index (χ1) is 13.6.